The number of benzene rings is 1. The van der Waals surface area contributed by atoms with Crippen LogP contribution in [0.5, 0.6) is 0 Å². The van der Waals surface area contributed by atoms with E-state index < -0.39 is 10.0 Å². The fraction of sp³-hybridized carbons (Fsp3) is 0.400. The van der Waals surface area contributed by atoms with Crippen LogP contribution >= 0.6 is 0 Å². The molecule has 0 bridgehead atoms. The van der Waals surface area contributed by atoms with E-state index in [0.29, 0.717) is 13.1 Å². The van der Waals surface area contributed by atoms with Gasteiger partial charge in [0.05, 0.1) is 29.9 Å². The van der Waals surface area contributed by atoms with Gasteiger partial charge in [0.25, 0.3) is 0 Å². The number of hydrogen-bond donors (Lipinski definition) is 1. The molecule has 1 amide bonds. The number of likely N-dealkylation sites (tertiary alicyclic amines) is 1. The quantitative estimate of drug-likeness (QED) is 0.839. The third-order valence-corrected chi connectivity index (χ3v) is 5.39. The maximum atomic E-state index is 12.3. The van der Waals surface area contributed by atoms with Crippen molar-refractivity contribution in [3.63, 3.8) is 0 Å². The normalized spacial score (nSPS) is 18.0. The molecule has 1 fully saturated rings. The molecular weight excluding hydrogens is 330 g/mol. The van der Waals surface area contributed by atoms with Crippen LogP contribution in [0, 0.1) is 6.92 Å². The van der Waals surface area contributed by atoms with Gasteiger partial charge >= 0.3 is 0 Å². The topological polar surface area (TPSA) is 97.2 Å². The number of sulfonamides is 1. The summed E-state index contributed by atoms with van der Waals surface area (Å²) in [5, 5.41) is 8.16. The molecule has 128 valence electrons. The first-order valence-electron chi connectivity index (χ1n) is 7.65. The van der Waals surface area contributed by atoms with Gasteiger partial charge in [0.15, 0.2) is 0 Å². The average molecular weight is 349 g/mol. The van der Waals surface area contributed by atoms with Crippen LogP contribution in [0.25, 0.3) is 0 Å². The summed E-state index contributed by atoms with van der Waals surface area (Å²) in [6.45, 7) is 2.62. The van der Waals surface area contributed by atoms with E-state index >= 15 is 0 Å². The summed E-state index contributed by atoms with van der Waals surface area (Å²) < 4.78 is 26.9. The van der Waals surface area contributed by atoms with Gasteiger partial charge in [0.1, 0.15) is 0 Å². The Balaban J connectivity index is 1.58. The fourth-order valence-corrected chi connectivity index (χ4v) is 3.78. The molecule has 1 atom stereocenters. The molecule has 0 unspecified atom stereocenters. The molecule has 0 radical (unpaired) electrons. The van der Waals surface area contributed by atoms with Crippen molar-refractivity contribution in [2.45, 2.75) is 24.3 Å². The van der Waals surface area contributed by atoms with Crippen LogP contribution in [0.15, 0.2) is 41.6 Å². The first-order chi connectivity index (χ1) is 11.5. The molecule has 1 saturated heterocycles. The molecule has 24 heavy (non-hydrogen) atoms. The molecule has 3 rings (SSSR count). The number of nitrogens with one attached hydrogen (secondary N) is 1. The highest BCUT2D eigenvalue weighted by Gasteiger charge is 2.29. The molecule has 0 saturated carbocycles. The van der Waals surface area contributed by atoms with Crippen molar-refractivity contribution in [3.8, 4) is 0 Å². The second-order valence-corrected chi connectivity index (χ2v) is 7.54. The second-order valence-electron chi connectivity index (χ2n) is 5.77. The molecule has 2 heterocycles. The lowest BCUT2D eigenvalue weighted by molar-refractivity contribution is -0.129. The Kier molecular flexibility index (Phi) is 4.63. The predicted molar refractivity (Wildman–Crippen MR) is 86.6 cm³/mol. The summed E-state index contributed by atoms with van der Waals surface area (Å²) in [6, 6.07) is 6.61. The highest BCUT2D eigenvalue weighted by Crippen LogP contribution is 2.19. The molecule has 1 aliphatic heterocycles. The Bertz CT molecular complexity index is 819. The Hall–Kier alpha value is -2.26. The van der Waals surface area contributed by atoms with Crippen molar-refractivity contribution >= 4 is 15.9 Å². The minimum Gasteiger partial charge on any atom is -0.339 e. The second kappa shape index (κ2) is 6.70. The lowest BCUT2D eigenvalue weighted by Gasteiger charge is -2.16. The average Bonchev–Trinajstić information content (AvgIpc) is 3.23. The van der Waals surface area contributed by atoms with E-state index in [1.54, 1.807) is 34.2 Å². The SMILES string of the molecule is Cc1cccc(S(=O)(=O)NCC(=O)N2CC[C@@H](n3nccn3)C2)c1. The lowest BCUT2D eigenvalue weighted by Crippen LogP contribution is -2.39. The number of carbonyl (C=O) groups is 1. The molecular formula is C15H19N5O3S. The molecule has 8 nitrogen and oxygen atoms in total. The maximum absolute atomic E-state index is 12.3. The number of amides is 1. The van der Waals surface area contributed by atoms with Crippen molar-refractivity contribution in [3.05, 3.63) is 42.2 Å². The number of hydrogen-bond acceptors (Lipinski definition) is 5. The van der Waals surface area contributed by atoms with Crippen LogP contribution in [-0.4, -0.2) is 53.9 Å². The standard InChI is InChI=1S/C15H19N5O3S/c1-12-3-2-4-14(9-12)24(22,23)18-10-15(21)19-8-5-13(11-19)20-16-6-7-17-20/h2-4,6-7,9,13,18H,5,8,10-11H2,1H3/t13-/m1/s1. The third-order valence-electron chi connectivity index (χ3n) is 3.99. The van der Waals surface area contributed by atoms with Gasteiger partial charge in [0, 0.05) is 13.1 Å². The molecule has 1 N–H and O–H groups in total. The monoisotopic (exact) mass is 349 g/mol. The van der Waals surface area contributed by atoms with E-state index in [1.165, 1.54) is 6.07 Å². The van der Waals surface area contributed by atoms with E-state index in [1.807, 2.05) is 13.0 Å². The molecule has 1 aliphatic rings. The molecule has 1 aromatic heterocycles. The first kappa shape index (κ1) is 16.6. The van der Waals surface area contributed by atoms with Crippen LogP contribution in [-0.2, 0) is 14.8 Å². The van der Waals surface area contributed by atoms with Gasteiger partial charge in [-0.2, -0.15) is 15.0 Å². The van der Waals surface area contributed by atoms with E-state index in [0.717, 1.165) is 12.0 Å². The van der Waals surface area contributed by atoms with Crippen LogP contribution in [0.1, 0.15) is 18.0 Å². The summed E-state index contributed by atoms with van der Waals surface area (Å²) in [7, 11) is -3.69. The lowest BCUT2D eigenvalue weighted by atomic mass is 10.2. The van der Waals surface area contributed by atoms with Crippen molar-refractivity contribution in [1.29, 1.82) is 0 Å². The van der Waals surface area contributed by atoms with Crippen LogP contribution in [0.2, 0.25) is 0 Å². The highest BCUT2D eigenvalue weighted by atomic mass is 32.2. The van der Waals surface area contributed by atoms with Gasteiger partial charge in [-0.1, -0.05) is 12.1 Å². The zero-order valence-electron chi connectivity index (χ0n) is 13.3. The minimum absolute atomic E-state index is 0.0392. The largest absolute Gasteiger partial charge is 0.339 e. The van der Waals surface area contributed by atoms with Crippen LogP contribution in [0.4, 0.5) is 0 Å². The Labute approximate surface area is 140 Å². The number of aromatic nitrogens is 3. The fourth-order valence-electron chi connectivity index (χ4n) is 2.71. The Morgan fingerprint density at radius 3 is 2.79 bits per heavy atom. The number of rotatable bonds is 5. The van der Waals surface area contributed by atoms with Gasteiger partial charge in [-0.25, -0.2) is 13.1 Å². The zero-order chi connectivity index (χ0) is 17.2. The third kappa shape index (κ3) is 3.62. The van der Waals surface area contributed by atoms with E-state index in [9.17, 15) is 13.2 Å². The molecule has 0 aliphatic carbocycles. The Morgan fingerprint density at radius 2 is 2.08 bits per heavy atom. The number of carbonyl (C=O) groups excluding carboxylic acids is 1. The van der Waals surface area contributed by atoms with Gasteiger partial charge < -0.3 is 4.90 Å². The number of aryl methyl sites for hydroxylation is 1. The van der Waals surface area contributed by atoms with Crippen molar-refractivity contribution in [2.75, 3.05) is 19.6 Å². The summed E-state index contributed by atoms with van der Waals surface area (Å²) in [6.07, 6.45) is 3.95. The molecule has 1 aromatic carbocycles. The minimum atomic E-state index is -3.69. The number of nitrogens with zero attached hydrogens (tertiary/aromatic N) is 4. The molecule has 2 aromatic rings. The summed E-state index contributed by atoms with van der Waals surface area (Å²) in [5.74, 6) is -0.249. The van der Waals surface area contributed by atoms with Gasteiger partial charge in [0.2, 0.25) is 15.9 Å². The van der Waals surface area contributed by atoms with E-state index in [4.69, 9.17) is 0 Å². The summed E-state index contributed by atoms with van der Waals surface area (Å²) in [4.78, 5) is 15.6. The summed E-state index contributed by atoms with van der Waals surface area (Å²) >= 11 is 0. The van der Waals surface area contributed by atoms with Gasteiger partial charge in [-0.3, -0.25) is 4.79 Å². The first-order valence-corrected chi connectivity index (χ1v) is 9.14. The van der Waals surface area contributed by atoms with E-state index in [2.05, 4.69) is 14.9 Å². The van der Waals surface area contributed by atoms with Gasteiger partial charge in [-0.15, -0.1) is 0 Å². The Morgan fingerprint density at radius 1 is 1.33 bits per heavy atom. The smallest absolute Gasteiger partial charge is 0.241 e. The van der Waals surface area contributed by atoms with Crippen LogP contribution < -0.4 is 4.72 Å². The van der Waals surface area contributed by atoms with Crippen molar-refractivity contribution in [1.82, 2.24) is 24.6 Å². The summed E-state index contributed by atoms with van der Waals surface area (Å²) in [5.41, 5.74) is 0.846. The predicted octanol–water partition coefficient (Wildman–Crippen LogP) is 0.338. The van der Waals surface area contributed by atoms with Crippen molar-refractivity contribution < 1.29 is 13.2 Å². The molecule has 0 spiro atoms. The van der Waals surface area contributed by atoms with Gasteiger partial charge in [-0.05, 0) is 31.0 Å². The highest BCUT2D eigenvalue weighted by molar-refractivity contribution is 7.89. The maximum Gasteiger partial charge on any atom is 0.241 e. The molecule has 9 heteroatoms. The van der Waals surface area contributed by atoms with E-state index in [-0.39, 0.29) is 23.4 Å². The zero-order valence-corrected chi connectivity index (χ0v) is 14.1. The van der Waals surface area contributed by atoms with Crippen LogP contribution in [0.3, 0.4) is 0 Å². The van der Waals surface area contributed by atoms with Crippen molar-refractivity contribution in [2.24, 2.45) is 0 Å².